The number of benzene rings is 1. The first-order valence-electron chi connectivity index (χ1n) is 6.10. The Balaban J connectivity index is 1.73. The Bertz CT molecular complexity index is 399. The summed E-state index contributed by atoms with van der Waals surface area (Å²) in [4.78, 5) is 11.2. The highest BCUT2D eigenvalue weighted by molar-refractivity contribution is 5.74. The van der Waals surface area contributed by atoms with Gasteiger partial charge in [0, 0.05) is 0 Å². The number of rotatable bonds is 5. The molecular formula is C14H18O4. The van der Waals surface area contributed by atoms with Crippen molar-refractivity contribution in [3.63, 3.8) is 0 Å². The molecule has 0 bridgehead atoms. The van der Waals surface area contributed by atoms with E-state index in [4.69, 9.17) is 14.2 Å². The highest BCUT2D eigenvalue weighted by Crippen LogP contribution is 2.21. The molecule has 98 valence electrons. The quantitative estimate of drug-likeness (QED) is 0.751. The van der Waals surface area contributed by atoms with Gasteiger partial charge in [0.05, 0.1) is 26.2 Å². The van der Waals surface area contributed by atoms with Crippen LogP contribution >= 0.6 is 0 Å². The molecule has 0 aromatic heterocycles. The van der Waals surface area contributed by atoms with Crippen LogP contribution in [-0.2, 0) is 20.9 Å². The maximum atomic E-state index is 11.2. The molecule has 2 rings (SSSR count). The molecule has 0 saturated carbocycles. The summed E-state index contributed by atoms with van der Waals surface area (Å²) in [7, 11) is 1.64. The lowest BCUT2D eigenvalue weighted by Crippen LogP contribution is -2.14. The summed E-state index contributed by atoms with van der Waals surface area (Å²) in [6.07, 6.45) is 0.660. The van der Waals surface area contributed by atoms with Crippen LogP contribution < -0.4 is 4.74 Å². The van der Waals surface area contributed by atoms with Gasteiger partial charge < -0.3 is 14.2 Å². The van der Waals surface area contributed by atoms with Gasteiger partial charge in [-0.25, -0.2) is 0 Å². The van der Waals surface area contributed by atoms with E-state index in [9.17, 15) is 4.79 Å². The molecule has 1 unspecified atom stereocenters. The number of carbonyl (C=O) groups excluding carboxylic acids is 1. The summed E-state index contributed by atoms with van der Waals surface area (Å²) in [5.41, 5.74) is 1.08. The fourth-order valence-electron chi connectivity index (χ4n) is 1.95. The van der Waals surface area contributed by atoms with Crippen molar-refractivity contribution in [2.45, 2.75) is 26.1 Å². The molecule has 18 heavy (non-hydrogen) atoms. The lowest BCUT2D eigenvalue weighted by molar-refractivity contribution is -0.145. The van der Waals surface area contributed by atoms with Gasteiger partial charge in [0.2, 0.25) is 0 Å². The summed E-state index contributed by atoms with van der Waals surface area (Å²) in [5, 5.41) is 0. The van der Waals surface area contributed by atoms with Crippen molar-refractivity contribution in [2.75, 3.05) is 13.7 Å². The second-order valence-electron chi connectivity index (χ2n) is 4.56. The topological polar surface area (TPSA) is 44.8 Å². The minimum Gasteiger partial charge on any atom is -0.497 e. The van der Waals surface area contributed by atoms with Crippen LogP contribution in [0.25, 0.3) is 0 Å². The van der Waals surface area contributed by atoms with Crippen molar-refractivity contribution < 1.29 is 19.0 Å². The molecule has 4 nitrogen and oxygen atoms in total. The van der Waals surface area contributed by atoms with Crippen LogP contribution in [0, 0.1) is 5.92 Å². The minimum atomic E-state index is -0.118. The van der Waals surface area contributed by atoms with E-state index in [1.807, 2.05) is 31.2 Å². The molecular weight excluding hydrogens is 232 g/mol. The van der Waals surface area contributed by atoms with Crippen molar-refractivity contribution in [3.05, 3.63) is 29.8 Å². The lowest BCUT2D eigenvalue weighted by Gasteiger charge is -2.10. The standard InChI is InChI=1S/C14H18O4/c1-10-7-13(18-14(10)15)9-17-8-11-3-5-12(16-2)6-4-11/h3-6,10,13H,7-9H2,1-2H3/t10?,13-/m0/s1. The normalized spacial score (nSPS) is 22.9. The minimum absolute atomic E-state index is 0.000383. The average molecular weight is 250 g/mol. The number of cyclic esters (lactones) is 1. The molecule has 0 N–H and O–H groups in total. The summed E-state index contributed by atoms with van der Waals surface area (Å²) < 4.78 is 15.8. The van der Waals surface area contributed by atoms with Crippen molar-refractivity contribution in [3.8, 4) is 5.75 Å². The molecule has 0 radical (unpaired) electrons. The van der Waals surface area contributed by atoms with Crippen molar-refractivity contribution in [1.82, 2.24) is 0 Å². The zero-order valence-electron chi connectivity index (χ0n) is 10.7. The van der Waals surface area contributed by atoms with Crippen LogP contribution in [0.3, 0.4) is 0 Å². The zero-order valence-corrected chi connectivity index (χ0v) is 10.7. The zero-order chi connectivity index (χ0) is 13.0. The van der Waals surface area contributed by atoms with E-state index in [0.717, 1.165) is 17.7 Å². The van der Waals surface area contributed by atoms with Crippen molar-refractivity contribution >= 4 is 5.97 Å². The molecule has 0 aliphatic carbocycles. The van der Waals surface area contributed by atoms with Crippen LogP contribution in [0.2, 0.25) is 0 Å². The predicted molar refractivity (Wildman–Crippen MR) is 66.3 cm³/mol. The van der Waals surface area contributed by atoms with Gasteiger partial charge in [-0.3, -0.25) is 4.79 Å². The first kappa shape index (κ1) is 12.9. The lowest BCUT2D eigenvalue weighted by atomic mass is 10.1. The van der Waals surface area contributed by atoms with Crippen molar-refractivity contribution in [1.29, 1.82) is 0 Å². The van der Waals surface area contributed by atoms with Crippen LogP contribution in [-0.4, -0.2) is 25.8 Å². The smallest absolute Gasteiger partial charge is 0.309 e. The first-order valence-corrected chi connectivity index (χ1v) is 6.10. The Hall–Kier alpha value is -1.55. The molecule has 2 atom stereocenters. The van der Waals surface area contributed by atoms with E-state index in [0.29, 0.717) is 13.2 Å². The number of esters is 1. The highest BCUT2D eigenvalue weighted by atomic mass is 16.6. The monoisotopic (exact) mass is 250 g/mol. The number of carbonyl (C=O) groups is 1. The highest BCUT2D eigenvalue weighted by Gasteiger charge is 2.30. The molecule has 0 spiro atoms. The van der Waals surface area contributed by atoms with E-state index in [1.54, 1.807) is 7.11 Å². The van der Waals surface area contributed by atoms with Gasteiger partial charge in [-0.1, -0.05) is 19.1 Å². The fourth-order valence-corrected chi connectivity index (χ4v) is 1.95. The molecule has 0 amide bonds. The van der Waals surface area contributed by atoms with E-state index in [-0.39, 0.29) is 18.0 Å². The van der Waals surface area contributed by atoms with Crippen LogP contribution in [0.5, 0.6) is 5.75 Å². The van der Waals surface area contributed by atoms with Gasteiger partial charge in [0.15, 0.2) is 0 Å². The van der Waals surface area contributed by atoms with E-state index in [1.165, 1.54) is 0 Å². The van der Waals surface area contributed by atoms with Gasteiger partial charge in [0.1, 0.15) is 11.9 Å². The number of hydrogen-bond donors (Lipinski definition) is 0. The Morgan fingerprint density at radius 1 is 1.33 bits per heavy atom. The Labute approximate surface area is 107 Å². The Kier molecular flexibility index (Phi) is 4.20. The van der Waals surface area contributed by atoms with Gasteiger partial charge in [-0.15, -0.1) is 0 Å². The number of methoxy groups -OCH3 is 1. The van der Waals surface area contributed by atoms with Crippen LogP contribution in [0.4, 0.5) is 0 Å². The van der Waals surface area contributed by atoms with Crippen LogP contribution in [0.1, 0.15) is 18.9 Å². The molecule has 1 fully saturated rings. The van der Waals surface area contributed by atoms with E-state index >= 15 is 0 Å². The second kappa shape index (κ2) is 5.87. The van der Waals surface area contributed by atoms with Gasteiger partial charge >= 0.3 is 5.97 Å². The summed E-state index contributed by atoms with van der Waals surface area (Å²) in [5.74, 6) is 0.713. The SMILES string of the molecule is COc1ccc(COC[C@@H]2CC(C)C(=O)O2)cc1. The third-order valence-electron chi connectivity index (χ3n) is 3.03. The second-order valence-corrected chi connectivity index (χ2v) is 4.56. The summed E-state index contributed by atoms with van der Waals surface area (Å²) in [6, 6.07) is 7.72. The van der Waals surface area contributed by atoms with Gasteiger partial charge in [-0.05, 0) is 24.1 Å². The van der Waals surface area contributed by atoms with Crippen molar-refractivity contribution in [2.24, 2.45) is 5.92 Å². The molecule has 1 heterocycles. The van der Waals surface area contributed by atoms with E-state index in [2.05, 4.69) is 0 Å². The molecule has 1 aromatic rings. The molecule has 1 aliphatic rings. The maximum Gasteiger partial charge on any atom is 0.309 e. The molecule has 1 aromatic carbocycles. The van der Waals surface area contributed by atoms with Gasteiger partial charge in [0.25, 0.3) is 0 Å². The Morgan fingerprint density at radius 2 is 2.06 bits per heavy atom. The number of hydrogen-bond acceptors (Lipinski definition) is 4. The van der Waals surface area contributed by atoms with Crippen LogP contribution in [0.15, 0.2) is 24.3 Å². The van der Waals surface area contributed by atoms with Gasteiger partial charge in [-0.2, -0.15) is 0 Å². The first-order chi connectivity index (χ1) is 8.69. The molecule has 1 saturated heterocycles. The van der Waals surface area contributed by atoms with E-state index < -0.39 is 0 Å². The largest absolute Gasteiger partial charge is 0.497 e. The predicted octanol–water partition coefficient (Wildman–Crippen LogP) is 2.16. The maximum absolute atomic E-state index is 11.2. The third kappa shape index (κ3) is 3.23. The number of ether oxygens (including phenoxy) is 3. The fraction of sp³-hybridized carbons (Fsp3) is 0.500. The molecule has 4 heteroatoms. The Morgan fingerprint density at radius 3 is 2.61 bits per heavy atom. The third-order valence-corrected chi connectivity index (χ3v) is 3.03. The summed E-state index contributed by atoms with van der Waals surface area (Å²) in [6.45, 7) is 2.86. The average Bonchev–Trinajstić information content (AvgIpc) is 2.69. The summed E-state index contributed by atoms with van der Waals surface area (Å²) >= 11 is 0. The molecule has 1 aliphatic heterocycles.